The number of aliphatic hydroxyl groups excluding tert-OH is 1. The number of hydrogen-bond acceptors (Lipinski definition) is 3. The van der Waals surface area contributed by atoms with Crippen LogP contribution in [0.15, 0.2) is 0 Å². The van der Waals surface area contributed by atoms with E-state index in [2.05, 4.69) is 5.32 Å². The second kappa shape index (κ2) is 7.27. The van der Waals surface area contributed by atoms with Crippen LogP contribution in [0, 0.1) is 5.41 Å². The first kappa shape index (κ1) is 15.9. The summed E-state index contributed by atoms with van der Waals surface area (Å²) in [6, 6.07) is 0.00952. The van der Waals surface area contributed by atoms with E-state index in [1.54, 1.807) is 13.8 Å². The molecule has 0 radical (unpaired) electrons. The van der Waals surface area contributed by atoms with E-state index in [4.69, 9.17) is 10.2 Å². The SMILES string of the molecule is CC(CCCO)NC(=O)CC(C)(C)CC(=O)O. The van der Waals surface area contributed by atoms with Gasteiger partial charge in [-0.2, -0.15) is 0 Å². The summed E-state index contributed by atoms with van der Waals surface area (Å²) in [6.07, 6.45) is 1.55. The Morgan fingerprint density at radius 3 is 2.35 bits per heavy atom. The summed E-state index contributed by atoms with van der Waals surface area (Å²) >= 11 is 0. The topological polar surface area (TPSA) is 86.6 Å². The third-order valence-electron chi connectivity index (χ3n) is 2.47. The Kier molecular flexibility index (Phi) is 6.80. The summed E-state index contributed by atoms with van der Waals surface area (Å²) in [5, 5.41) is 20.2. The van der Waals surface area contributed by atoms with Crippen molar-refractivity contribution in [2.24, 2.45) is 5.41 Å². The molecule has 0 aromatic carbocycles. The highest BCUT2D eigenvalue weighted by atomic mass is 16.4. The molecule has 0 saturated carbocycles. The van der Waals surface area contributed by atoms with Gasteiger partial charge < -0.3 is 15.5 Å². The zero-order valence-electron chi connectivity index (χ0n) is 10.8. The lowest BCUT2D eigenvalue weighted by molar-refractivity contribution is -0.139. The van der Waals surface area contributed by atoms with Crippen LogP contribution in [0.3, 0.4) is 0 Å². The molecule has 1 amide bonds. The molecule has 0 fully saturated rings. The van der Waals surface area contributed by atoms with Crippen molar-refractivity contribution < 1.29 is 19.8 Å². The first-order chi connectivity index (χ1) is 7.76. The van der Waals surface area contributed by atoms with E-state index in [1.807, 2.05) is 6.92 Å². The number of carbonyl (C=O) groups is 2. The lowest BCUT2D eigenvalue weighted by Gasteiger charge is -2.23. The van der Waals surface area contributed by atoms with Crippen LogP contribution in [0.25, 0.3) is 0 Å². The second-order valence-corrected chi connectivity index (χ2v) is 5.25. The van der Waals surface area contributed by atoms with Crippen molar-refractivity contribution >= 4 is 11.9 Å². The predicted molar refractivity (Wildman–Crippen MR) is 64.6 cm³/mol. The van der Waals surface area contributed by atoms with Gasteiger partial charge in [-0.05, 0) is 25.2 Å². The average molecular weight is 245 g/mol. The van der Waals surface area contributed by atoms with E-state index >= 15 is 0 Å². The van der Waals surface area contributed by atoms with Crippen LogP contribution < -0.4 is 5.32 Å². The molecule has 5 heteroatoms. The number of hydrogen-bond donors (Lipinski definition) is 3. The molecule has 0 saturated heterocycles. The van der Waals surface area contributed by atoms with E-state index in [0.29, 0.717) is 6.42 Å². The molecule has 0 aliphatic carbocycles. The molecule has 0 rings (SSSR count). The maximum atomic E-state index is 11.6. The summed E-state index contributed by atoms with van der Waals surface area (Å²) in [6.45, 7) is 5.51. The zero-order chi connectivity index (χ0) is 13.5. The van der Waals surface area contributed by atoms with Gasteiger partial charge in [-0.15, -0.1) is 0 Å². The number of nitrogens with one attached hydrogen (secondary N) is 1. The molecule has 100 valence electrons. The van der Waals surface area contributed by atoms with Gasteiger partial charge in [-0.3, -0.25) is 9.59 Å². The van der Waals surface area contributed by atoms with Gasteiger partial charge in [0.1, 0.15) is 0 Å². The first-order valence-corrected chi connectivity index (χ1v) is 5.89. The minimum atomic E-state index is -0.892. The van der Waals surface area contributed by atoms with E-state index in [-0.39, 0.29) is 31.4 Å². The van der Waals surface area contributed by atoms with Gasteiger partial charge in [0.2, 0.25) is 5.91 Å². The van der Waals surface area contributed by atoms with Crippen molar-refractivity contribution in [3.05, 3.63) is 0 Å². The Morgan fingerprint density at radius 1 is 1.29 bits per heavy atom. The molecule has 1 unspecified atom stereocenters. The van der Waals surface area contributed by atoms with Crippen molar-refractivity contribution in [1.29, 1.82) is 0 Å². The predicted octanol–water partition coefficient (Wildman–Crippen LogP) is 1.15. The molecule has 1 atom stereocenters. The van der Waals surface area contributed by atoms with Gasteiger partial charge >= 0.3 is 5.97 Å². The summed E-state index contributed by atoms with van der Waals surface area (Å²) in [7, 11) is 0. The summed E-state index contributed by atoms with van der Waals surface area (Å²) in [5.74, 6) is -1.03. The molecule has 0 bridgehead atoms. The van der Waals surface area contributed by atoms with Gasteiger partial charge in [0.15, 0.2) is 0 Å². The highest BCUT2D eigenvalue weighted by Gasteiger charge is 2.25. The van der Waals surface area contributed by atoms with Gasteiger partial charge in [0.05, 0.1) is 6.42 Å². The molecule has 0 aliphatic rings. The highest BCUT2D eigenvalue weighted by Crippen LogP contribution is 2.24. The Bertz CT molecular complexity index is 263. The fourth-order valence-corrected chi connectivity index (χ4v) is 1.70. The quantitative estimate of drug-likeness (QED) is 0.599. The van der Waals surface area contributed by atoms with Crippen LogP contribution >= 0.6 is 0 Å². The molecular formula is C12H23NO4. The van der Waals surface area contributed by atoms with Crippen molar-refractivity contribution in [2.75, 3.05) is 6.61 Å². The number of carboxylic acids is 1. The van der Waals surface area contributed by atoms with Crippen LogP contribution in [0.5, 0.6) is 0 Å². The minimum Gasteiger partial charge on any atom is -0.481 e. The molecule has 3 N–H and O–H groups in total. The van der Waals surface area contributed by atoms with Gasteiger partial charge in [-0.1, -0.05) is 13.8 Å². The average Bonchev–Trinajstić information content (AvgIpc) is 2.10. The smallest absolute Gasteiger partial charge is 0.303 e. The van der Waals surface area contributed by atoms with E-state index in [1.165, 1.54) is 0 Å². The van der Waals surface area contributed by atoms with Gasteiger partial charge in [-0.25, -0.2) is 0 Å². The minimum absolute atomic E-state index is 0.00952. The molecule has 0 aromatic rings. The number of rotatable bonds is 8. The Hall–Kier alpha value is -1.10. The van der Waals surface area contributed by atoms with Crippen LogP contribution in [-0.4, -0.2) is 34.7 Å². The maximum Gasteiger partial charge on any atom is 0.303 e. The zero-order valence-corrected chi connectivity index (χ0v) is 10.8. The van der Waals surface area contributed by atoms with Crippen LogP contribution in [0.4, 0.5) is 0 Å². The van der Waals surface area contributed by atoms with E-state index in [9.17, 15) is 9.59 Å². The molecular weight excluding hydrogens is 222 g/mol. The van der Waals surface area contributed by atoms with Crippen LogP contribution in [0.1, 0.15) is 46.5 Å². The van der Waals surface area contributed by atoms with Gasteiger partial charge in [0, 0.05) is 19.1 Å². The largest absolute Gasteiger partial charge is 0.481 e. The van der Waals surface area contributed by atoms with E-state index in [0.717, 1.165) is 6.42 Å². The maximum absolute atomic E-state index is 11.6. The molecule has 5 nitrogen and oxygen atoms in total. The fraction of sp³-hybridized carbons (Fsp3) is 0.833. The Balaban J connectivity index is 4.03. The monoisotopic (exact) mass is 245 g/mol. The number of carboxylic acid groups (broad SMARTS) is 1. The van der Waals surface area contributed by atoms with Crippen LogP contribution in [-0.2, 0) is 9.59 Å². The summed E-state index contributed by atoms with van der Waals surface area (Å²) in [5.41, 5.74) is -0.535. The molecule has 0 aromatic heterocycles. The first-order valence-electron chi connectivity index (χ1n) is 5.89. The van der Waals surface area contributed by atoms with Crippen molar-refractivity contribution in [1.82, 2.24) is 5.32 Å². The third-order valence-corrected chi connectivity index (χ3v) is 2.47. The molecule has 17 heavy (non-hydrogen) atoms. The third kappa shape index (κ3) is 8.68. The standard InChI is InChI=1S/C12H23NO4/c1-9(5-4-6-14)13-10(15)7-12(2,3)8-11(16)17/h9,14H,4-8H2,1-3H3,(H,13,15)(H,16,17). The van der Waals surface area contributed by atoms with Crippen molar-refractivity contribution in [3.8, 4) is 0 Å². The Morgan fingerprint density at radius 2 is 1.88 bits per heavy atom. The number of aliphatic carboxylic acids is 1. The molecule has 0 heterocycles. The van der Waals surface area contributed by atoms with Crippen LogP contribution in [0.2, 0.25) is 0 Å². The van der Waals surface area contributed by atoms with Crippen molar-refractivity contribution in [3.63, 3.8) is 0 Å². The molecule has 0 spiro atoms. The number of carbonyl (C=O) groups excluding carboxylic acids is 1. The summed E-state index contributed by atoms with van der Waals surface area (Å²) in [4.78, 5) is 22.2. The van der Waals surface area contributed by atoms with Gasteiger partial charge in [0.25, 0.3) is 0 Å². The molecule has 0 aliphatic heterocycles. The normalized spacial score (nSPS) is 13.2. The highest BCUT2D eigenvalue weighted by molar-refractivity contribution is 5.78. The fourth-order valence-electron chi connectivity index (χ4n) is 1.70. The van der Waals surface area contributed by atoms with E-state index < -0.39 is 11.4 Å². The number of aliphatic hydroxyl groups is 1. The second-order valence-electron chi connectivity index (χ2n) is 5.25. The summed E-state index contributed by atoms with van der Waals surface area (Å²) < 4.78 is 0. The van der Waals surface area contributed by atoms with Crippen molar-refractivity contribution in [2.45, 2.75) is 52.5 Å². The lowest BCUT2D eigenvalue weighted by atomic mass is 9.85. The lowest BCUT2D eigenvalue weighted by Crippen LogP contribution is -2.36. The Labute approximate surface area is 102 Å². The number of amides is 1.